The van der Waals surface area contributed by atoms with Gasteiger partial charge in [0.1, 0.15) is 0 Å². The van der Waals surface area contributed by atoms with Crippen molar-refractivity contribution in [3.05, 3.63) is 70.7 Å². The monoisotopic (exact) mass is 386 g/mol. The number of nitrogens with one attached hydrogen (secondary N) is 1. The highest BCUT2D eigenvalue weighted by Crippen LogP contribution is 2.18. The fraction of sp³-hybridized carbons (Fsp3) is 0.0588. The van der Waals surface area contributed by atoms with Crippen molar-refractivity contribution in [2.45, 2.75) is 5.16 Å². The average Bonchev–Trinajstić information content (AvgIpc) is 3.00. The summed E-state index contributed by atoms with van der Waals surface area (Å²) >= 11 is 7.12. The van der Waals surface area contributed by atoms with Crippen LogP contribution in [0.5, 0.6) is 0 Å². The molecule has 3 aromatic rings. The van der Waals surface area contributed by atoms with E-state index in [1.807, 2.05) is 30.3 Å². The zero-order chi connectivity index (χ0) is 18.4. The summed E-state index contributed by atoms with van der Waals surface area (Å²) in [6.07, 6.45) is 1.59. The largest absolute Gasteiger partial charge is 0.334 e. The Kier molecular flexibility index (Phi) is 5.88. The molecule has 1 heterocycles. The Hall–Kier alpha value is -2.84. The number of nitrogens with zero attached hydrogens (tertiary/aromatic N) is 4. The molecule has 0 unspecified atom stereocenters. The molecule has 0 radical (unpaired) electrons. The maximum absolute atomic E-state index is 12.1. The lowest BCUT2D eigenvalue weighted by Gasteiger charge is -2.03. The van der Waals surface area contributed by atoms with Gasteiger partial charge in [0.05, 0.1) is 12.0 Å². The number of hydrazone groups is 1. The number of hydrogen-bond donors (Lipinski definition) is 2. The number of thioether (sulfide) groups is 1. The minimum absolute atomic E-state index is 0.00733. The van der Waals surface area contributed by atoms with Crippen LogP contribution in [0.25, 0.3) is 0 Å². The van der Waals surface area contributed by atoms with E-state index in [1.165, 1.54) is 16.4 Å². The Morgan fingerprint density at radius 1 is 1.23 bits per heavy atom. The van der Waals surface area contributed by atoms with Crippen LogP contribution in [0, 0.1) is 0 Å². The molecule has 7 nitrogen and oxygen atoms in total. The van der Waals surface area contributed by atoms with E-state index in [2.05, 4.69) is 20.7 Å². The molecule has 0 atom stereocenters. The van der Waals surface area contributed by atoms with Gasteiger partial charge in [0.25, 0.3) is 5.95 Å². The van der Waals surface area contributed by atoms with Crippen LogP contribution < -0.4 is 11.3 Å². The third-order valence-electron chi connectivity index (χ3n) is 3.32. The highest BCUT2D eigenvalue weighted by atomic mass is 35.5. The van der Waals surface area contributed by atoms with Gasteiger partial charge in [0, 0.05) is 10.6 Å². The number of nitrogen functional groups attached to an aromatic ring is 1. The molecule has 132 valence electrons. The van der Waals surface area contributed by atoms with Crippen LogP contribution in [0.15, 0.2) is 64.9 Å². The van der Waals surface area contributed by atoms with E-state index in [-0.39, 0.29) is 17.5 Å². The molecule has 3 N–H and O–H groups in total. The van der Waals surface area contributed by atoms with E-state index in [0.29, 0.717) is 15.7 Å². The Balaban J connectivity index is 1.58. The third-order valence-corrected chi connectivity index (χ3v) is 4.50. The number of halogens is 1. The second-order valence-electron chi connectivity index (χ2n) is 5.18. The lowest BCUT2D eigenvalue weighted by atomic mass is 10.2. The minimum atomic E-state index is -0.00733. The number of nitrogens with two attached hydrogens (primary N) is 1. The quantitative estimate of drug-likeness (QED) is 0.213. The first-order valence-corrected chi connectivity index (χ1v) is 8.96. The molecule has 9 heteroatoms. The first-order chi connectivity index (χ1) is 12.6. The summed E-state index contributed by atoms with van der Waals surface area (Å²) in [5, 5.41) is 13.0. The van der Waals surface area contributed by atoms with E-state index >= 15 is 0 Å². The van der Waals surface area contributed by atoms with Crippen molar-refractivity contribution >= 4 is 41.3 Å². The molecule has 0 bridgehead atoms. The van der Waals surface area contributed by atoms with E-state index < -0.39 is 0 Å². The summed E-state index contributed by atoms with van der Waals surface area (Å²) in [4.78, 5) is 12.1. The van der Waals surface area contributed by atoms with Crippen LogP contribution in [-0.2, 0) is 0 Å². The molecule has 0 aliphatic heterocycles. The summed E-state index contributed by atoms with van der Waals surface area (Å²) in [6.45, 7) is 0. The molecule has 0 aliphatic rings. The van der Waals surface area contributed by atoms with Crippen LogP contribution in [-0.4, -0.2) is 32.6 Å². The van der Waals surface area contributed by atoms with Crippen LogP contribution in [0.4, 0.5) is 5.95 Å². The average molecular weight is 387 g/mol. The number of anilines is 1. The van der Waals surface area contributed by atoms with Crippen molar-refractivity contribution in [3.63, 3.8) is 0 Å². The normalized spacial score (nSPS) is 11.0. The first kappa shape index (κ1) is 18.0. The SMILES string of the molecule is Nn1c(N/N=C/c2cccc(Cl)c2)nnc1SCC(=O)c1ccccc1. The van der Waals surface area contributed by atoms with Crippen LogP contribution in [0.2, 0.25) is 5.02 Å². The third kappa shape index (κ3) is 4.62. The Morgan fingerprint density at radius 2 is 2.04 bits per heavy atom. The van der Waals surface area contributed by atoms with E-state index in [1.54, 1.807) is 30.5 Å². The minimum Gasteiger partial charge on any atom is -0.334 e. The van der Waals surface area contributed by atoms with Gasteiger partial charge >= 0.3 is 0 Å². The van der Waals surface area contributed by atoms with Gasteiger partial charge in [-0.15, -0.1) is 10.2 Å². The zero-order valence-electron chi connectivity index (χ0n) is 13.5. The number of ketones is 1. The zero-order valence-corrected chi connectivity index (χ0v) is 15.1. The number of carbonyl (C=O) groups excluding carboxylic acids is 1. The second-order valence-corrected chi connectivity index (χ2v) is 6.56. The molecule has 0 aliphatic carbocycles. The van der Waals surface area contributed by atoms with Gasteiger partial charge in [-0.1, -0.05) is 65.8 Å². The molecule has 1 aromatic heterocycles. The first-order valence-electron chi connectivity index (χ1n) is 7.59. The van der Waals surface area contributed by atoms with E-state index in [9.17, 15) is 4.79 Å². The lowest BCUT2D eigenvalue weighted by Crippen LogP contribution is -2.14. The van der Waals surface area contributed by atoms with Gasteiger partial charge in [-0.2, -0.15) is 5.10 Å². The molecule has 0 saturated carbocycles. The molecule has 0 amide bonds. The van der Waals surface area contributed by atoms with Crippen LogP contribution in [0.3, 0.4) is 0 Å². The maximum atomic E-state index is 12.1. The number of hydrogen-bond acceptors (Lipinski definition) is 7. The fourth-order valence-corrected chi connectivity index (χ4v) is 2.99. The van der Waals surface area contributed by atoms with Gasteiger partial charge in [0.15, 0.2) is 5.78 Å². The molecular formula is C17H15ClN6OS. The van der Waals surface area contributed by atoms with Gasteiger partial charge in [-0.05, 0) is 17.7 Å². The maximum Gasteiger partial charge on any atom is 0.264 e. The van der Waals surface area contributed by atoms with Gasteiger partial charge in [-0.3, -0.25) is 4.79 Å². The second kappa shape index (κ2) is 8.50. The van der Waals surface area contributed by atoms with Gasteiger partial charge in [-0.25, -0.2) is 10.1 Å². The molecule has 0 fully saturated rings. The van der Waals surface area contributed by atoms with Crippen molar-refractivity contribution in [1.29, 1.82) is 0 Å². The molecule has 2 aromatic carbocycles. The van der Waals surface area contributed by atoms with E-state index in [4.69, 9.17) is 17.4 Å². The summed E-state index contributed by atoms with van der Waals surface area (Å²) in [7, 11) is 0. The molecular weight excluding hydrogens is 372 g/mol. The Bertz CT molecular complexity index is 928. The molecule has 26 heavy (non-hydrogen) atoms. The highest BCUT2D eigenvalue weighted by molar-refractivity contribution is 7.99. The van der Waals surface area contributed by atoms with Crippen molar-refractivity contribution in [2.24, 2.45) is 5.10 Å². The topological polar surface area (TPSA) is 98.2 Å². The summed E-state index contributed by atoms with van der Waals surface area (Å²) in [6, 6.07) is 16.3. The van der Waals surface area contributed by atoms with Gasteiger partial charge in [0.2, 0.25) is 5.16 Å². The Morgan fingerprint density at radius 3 is 2.81 bits per heavy atom. The summed E-state index contributed by atoms with van der Waals surface area (Å²) in [5.41, 5.74) is 4.19. The predicted molar refractivity (Wildman–Crippen MR) is 104 cm³/mol. The smallest absolute Gasteiger partial charge is 0.264 e. The standard InChI is InChI=1S/C17H15ClN6OS/c18-14-8-4-5-12(9-14)10-20-21-16-22-23-17(24(16)19)26-11-15(25)13-6-2-1-3-7-13/h1-10H,11,19H2,(H,21,22)/b20-10+. The number of benzene rings is 2. The van der Waals surface area contributed by atoms with Crippen LogP contribution >= 0.6 is 23.4 Å². The summed E-state index contributed by atoms with van der Waals surface area (Å²) < 4.78 is 1.25. The fourth-order valence-electron chi connectivity index (χ4n) is 2.04. The Labute approximate surface area is 159 Å². The number of aromatic nitrogens is 3. The number of carbonyl (C=O) groups is 1. The number of Topliss-reactive ketones (excluding diaryl/α,β-unsaturated/α-hetero) is 1. The van der Waals surface area contributed by atoms with Gasteiger partial charge < -0.3 is 5.84 Å². The molecule has 3 rings (SSSR count). The van der Waals surface area contributed by atoms with Crippen molar-refractivity contribution in [3.8, 4) is 0 Å². The van der Waals surface area contributed by atoms with Crippen molar-refractivity contribution in [2.75, 3.05) is 17.0 Å². The molecule has 0 spiro atoms. The lowest BCUT2D eigenvalue weighted by molar-refractivity contribution is 0.102. The number of rotatable bonds is 7. The van der Waals surface area contributed by atoms with Crippen LogP contribution in [0.1, 0.15) is 15.9 Å². The summed E-state index contributed by atoms with van der Waals surface area (Å²) in [5.74, 6) is 6.40. The molecule has 0 saturated heterocycles. The van der Waals surface area contributed by atoms with E-state index in [0.717, 1.165) is 5.56 Å². The predicted octanol–water partition coefficient (Wildman–Crippen LogP) is 3.07. The van der Waals surface area contributed by atoms with Crippen molar-refractivity contribution < 1.29 is 4.79 Å². The van der Waals surface area contributed by atoms with Crippen molar-refractivity contribution in [1.82, 2.24) is 14.9 Å². The highest BCUT2D eigenvalue weighted by Gasteiger charge is 2.12.